The molecule has 0 radical (unpaired) electrons. The molecule has 0 spiro atoms. The van der Waals surface area contributed by atoms with Gasteiger partial charge in [-0.3, -0.25) is 9.88 Å². The van der Waals surface area contributed by atoms with Crippen LogP contribution in [-0.4, -0.2) is 27.5 Å². The highest BCUT2D eigenvalue weighted by molar-refractivity contribution is 5.87. The summed E-state index contributed by atoms with van der Waals surface area (Å²) in [5, 5.41) is 1.34. The third-order valence-corrected chi connectivity index (χ3v) is 6.71. The number of rotatable bonds is 3. The first-order chi connectivity index (χ1) is 13.8. The van der Waals surface area contributed by atoms with E-state index in [0.29, 0.717) is 18.5 Å². The molecule has 0 aliphatic carbocycles. The summed E-state index contributed by atoms with van der Waals surface area (Å²) in [6.07, 6.45) is 1.11. The minimum atomic E-state index is -4.39. The quantitative estimate of drug-likeness (QED) is 0.596. The van der Waals surface area contributed by atoms with E-state index in [-0.39, 0.29) is 0 Å². The number of nitrogens with zero attached hydrogens (tertiary/aromatic N) is 3. The van der Waals surface area contributed by atoms with Crippen LogP contribution >= 0.6 is 0 Å². The lowest BCUT2D eigenvalue weighted by molar-refractivity contribution is -0.141. The van der Waals surface area contributed by atoms with Gasteiger partial charge in [-0.15, -0.1) is 0 Å². The second kappa shape index (κ2) is 6.59. The molecular formula is C23H24F3N3. The maximum Gasteiger partial charge on any atom is 0.433 e. The van der Waals surface area contributed by atoms with E-state index in [9.17, 15) is 13.2 Å². The van der Waals surface area contributed by atoms with Crippen LogP contribution in [0.2, 0.25) is 0 Å². The Balaban J connectivity index is 1.50. The number of aromatic nitrogens is 2. The summed E-state index contributed by atoms with van der Waals surface area (Å²) in [5.74, 6) is 0. The smallest absolute Gasteiger partial charge is 0.344 e. The van der Waals surface area contributed by atoms with Crippen molar-refractivity contribution in [1.29, 1.82) is 0 Å². The number of halogens is 3. The minimum Gasteiger partial charge on any atom is -0.344 e. The van der Waals surface area contributed by atoms with E-state index in [4.69, 9.17) is 0 Å². The zero-order chi connectivity index (χ0) is 20.3. The molecule has 0 saturated carbocycles. The third-order valence-electron chi connectivity index (χ3n) is 6.71. The molecule has 2 bridgehead atoms. The molecule has 0 amide bonds. The monoisotopic (exact) mass is 399 g/mol. The van der Waals surface area contributed by atoms with Crippen LogP contribution in [0.5, 0.6) is 0 Å². The number of likely N-dealkylation sites (N-methyl/N-ethyl adjacent to an activating group) is 1. The predicted octanol–water partition coefficient (Wildman–Crippen LogP) is 5.30. The van der Waals surface area contributed by atoms with Crippen LogP contribution in [0.3, 0.4) is 0 Å². The predicted molar refractivity (Wildman–Crippen MR) is 107 cm³/mol. The molecule has 1 fully saturated rings. The molecule has 6 heteroatoms. The van der Waals surface area contributed by atoms with Crippen molar-refractivity contribution in [2.75, 3.05) is 7.05 Å². The maximum atomic E-state index is 12.8. The lowest BCUT2D eigenvalue weighted by Gasteiger charge is -2.32. The highest BCUT2D eigenvalue weighted by Crippen LogP contribution is 2.47. The van der Waals surface area contributed by atoms with Gasteiger partial charge in [0.15, 0.2) is 0 Å². The Labute approximate surface area is 168 Å². The second-order valence-electron chi connectivity index (χ2n) is 8.45. The van der Waals surface area contributed by atoms with Crippen LogP contribution in [-0.2, 0) is 25.6 Å². The van der Waals surface area contributed by atoms with Gasteiger partial charge in [-0.2, -0.15) is 13.2 Å². The lowest BCUT2D eigenvalue weighted by Crippen LogP contribution is -2.34. The zero-order valence-electron chi connectivity index (χ0n) is 16.6. The highest BCUT2D eigenvalue weighted by atomic mass is 19.4. The van der Waals surface area contributed by atoms with Gasteiger partial charge in [0.25, 0.3) is 0 Å². The number of pyridine rings is 1. The molecule has 2 aliphatic heterocycles. The van der Waals surface area contributed by atoms with Gasteiger partial charge in [0.05, 0.1) is 0 Å². The Morgan fingerprint density at radius 3 is 2.69 bits per heavy atom. The molecule has 3 aromatic rings. The number of hydrogen-bond acceptors (Lipinski definition) is 2. The Hall–Kier alpha value is -2.34. The summed E-state index contributed by atoms with van der Waals surface area (Å²) in [5.41, 5.74) is 5.37. The van der Waals surface area contributed by atoms with Crippen LogP contribution in [0.4, 0.5) is 13.2 Å². The van der Waals surface area contributed by atoms with E-state index in [2.05, 4.69) is 46.6 Å². The summed E-state index contributed by atoms with van der Waals surface area (Å²) in [4.78, 5) is 6.14. The third kappa shape index (κ3) is 3.05. The van der Waals surface area contributed by atoms with Crippen LogP contribution in [0, 0.1) is 6.92 Å². The molecule has 2 aromatic heterocycles. The number of benzene rings is 1. The molecule has 1 saturated heterocycles. The Bertz CT molecular complexity index is 1070. The molecular weight excluding hydrogens is 375 g/mol. The van der Waals surface area contributed by atoms with Gasteiger partial charge in [0, 0.05) is 47.8 Å². The standard InChI is InChI=1S/C23H24F3N3/c1-14-3-6-18-17(11-14)22-19-7-5-16(28(19)2)12-20(22)29(18)10-9-15-4-8-21(27-13-15)23(24,25)26/h3-4,6,8,11,13,16,19H,5,7,9-10,12H2,1-2H3. The molecule has 2 aliphatic rings. The molecule has 2 unspecified atom stereocenters. The normalized spacial score (nSPS) is 21.7. The van der Waals surface area contributed by atoms with Crippen molar-refractivity contribution in [3.63, 3.8) is 0 Å². The summed E-state index contributed by atoms with van der Waals surface area (Å²) < 4.78 is 40.7. The van der Waals surface area contributed by atoms with Crippen LogP contribution in [0.1, 0.15) is 47.0 Å². The molecule has 0 N–H and O–H groups in total. The number of fused-ring (bicyclic) bond motifs is 6. The molecule has 1 aromatic carbocycles. The number of alkyl halides is 3. The largest absolute Gasteiger partial charge is 0.433 e. The van der Waals surface area contributed by atoms with E-state index in [0.717, 1.165) is 24.6 Å². The van der Waals surface area contributed by atoms with E-state index >= 15 is 0 Å². The first-order valence-electron chi connectivity index (χ1n) is 10.2. The van der Waals surface area contributed by atoms with Gasteiger partial charge < -0.3 is 4.57 Å². The van der Waals surface area contributed by atoms with Gasteiger partial charge in [-0.05, 0) is 62.6 Å². The summed E-state index contributed by atoms with van der Waals surface area (Å²) in [6, 6.07) is 10.3. The highest BCUT2D eigenvalue weighted by Gasteiger charge is 2.40. The SMILES string of the molecule is Cc1ccc2c(c1)c1c(n2CCc2ccc(C(F)(F)F)nc2)CC2CCC1N2C. The number of hydrogen-bond donors (Lipinski definition) is 0. The Kier molecular flexibility index (Phi) is 4.24. The molecule has 2 atom stereocenters. The van der Waals surface area contributed by atoms with Gasteiger partial charge in [0.2, 0.25) is 0 Å². The van der Waals surface area contributed by atoms with Crippen molar-refractivity contribution < 1.29 is 13.2 Å². The summed E-state index contributed by atoms with van der Waals surface area (Å²) in [6.45, 7) is 2.88. The van der Waals surface area contributed by atoms with E-state index in [1.807, 2.05) is 0 Å². The zero-order valence-corrected chi connectivity index (χ0v) is 16.6. The van der Waals surface area contributed by atoms with Crippen LogP contribution in [0.15, 0.2) is 36.5 Å². The van der Waals surface area contributed by atoms with Gasteiger partial charge in [-0.25, -0.2) is 0 Å². The Morgan fingerprint density at radius 2 is 1.97 bits per heavy atom. The fourth-order valence-electron chi connectivity index (χ4n) is 5.20. The Morgan fingerprint density at radius 1 is 1.14 bits per heavy atom. The van der Waals surface area contributed by atoms with Crippen molar-refractivity contribution in [2.45, 2.75) is 57.4 Å². The van der Waals surface area contributed by atoms with Crippen LogP contribution < -0.4 is 0 Å². The van der Waals surface area contributed by atoms with Gasteiger partial charge >= 0.3 is 6.18 Å². The summed E-state index contributed by atoms with van der Waals surface area (Å²) in [7, 11) is 2.23. The first-order valence-corrected chi connectivity index (χ1v) is 10.2. The summed E-state index contributed by atoms with van der Waals surface area (Å²) >= 11 is 0. The second-order valence-corrected chi connectivity index (χ2v) is 8.45. The van der Waals surface area contributed by atoms with Crippen molar-refractivity contribution in [3.8, 4) is 0 Å². The fourth-order valence-corrected chi connectivity index (χ4v) is 5.20. The molecule has 3 nitrogen and oxygen atoms in total. The van der Waals surface area contributed by atoms with Crippen molar-refractivity contribution in [1.82, 2.24) is 14.5 Å². The van der Waals surface area contributed by atoms with E-state index < -0.39 is 11.9 Å². The molecule has 5 rings (SSSR count). The average molecular weight is 399 g/mol. The minimum absolute atomic E-state index is 0.474. The maximum absolute atomic E-state index is 12.8. The van der Waals surface area contributed by atoms with Gasteiger partial charge in [0.1, 0.15) is 5.69 Å². The average Bonchev–Trinajstić information content (AvgIpc) is 3.09. The van der Waals surface area contributed by atoms with Crippen molar-refractivity contribution in [2.24, 2.45) is 0 Å². The van der Waals surface area contributed by atoms with Crippen molar-refractivity contribution >= 4 is 10.9 Å². The lowest BCUT2D eigenvalue weighted by atomic mass is 9.97. The van der Waals surface area contributed by atoms with Crippen LogP contribution in [0.25, 0.3) is 10.9 Å². The van der Waals surface area contributed by atoms with E-state index in [1.165, 1.54) is 46.8 Å². The fraction of sp³-hybridized carbons (Fsp3) is 0.435. The number of aryl methyl sites for hydroxylation is 3. The molecule has 29 heavy (non-hydrogen) atoms. The van der Waals surface area contributed by atoms with E-state index in [1.54, 1.807) is 6.07 Å². The topological polar surface area (TPSA) is 21.1 Å². The van der Waals surface area contributed by atoms with Gasteiger partial charge in [-0.1, -0.05) is 17.7 Å². The first kappa shape index (κ1) is 18.7. The molecule has 4 heterocycles. The molecule has 152 valence electrons. The van der Waals surface area contributed by atoms with Crippen molar-refractivity contribution in [3.05, 3.63) is 64.6 Å².